The van der Waals surface area contributed by atoms with Crippen LogP contribution in [-0.4, -0.2) is 16.4 Å². The molecule has 0 aliphatic heterocycles. The molecule has 0 unspecified atom stereocenters. The van der Waals surface area contributed by atoms with Crippen LogP contribution in [0, 0.1) is 0 Å². The monoisotopic (exact) mass is 219 g/mol. The van der Waals surface area contributed by atoms with Crippen molar-refractivity contribution in [3.05, 3.63) is 36.6 Å². The first kappa shape index (κ1) is 10.2. The standard InChI is InChI=1S/C10H9N3O3/c11-13(10(14)15)9-4-2-1-3-7(9)8-5-6-16-12-8/h1-6H,11H2,(H,14,15). The third-order valence-electron chi connectivity index (χ3n) is 2.08. The number of para-hydroxylation sites is 1. The highest BCUT2D eigenvalue weighted by molar-refractivity contribution is 5.90. The molecule has 6 nitrogen and oxygen atoms in total. The fraction of sp³-hybridized carbons (Fsp3) is 0. The number of carbonyl (C=O) groups is 1. The van der Waals surface area contributed by atoms with E-state index >= 15 is 0 Å². The van der Waals surface area contributed by atoms with Gasteiger partial charge in [-0.25, -0.2) is 15.6 Å². The number of anilines is 1. The van der Waals surface area contributed by atoms with Gasteiger partial charge < -0.3 is 9.63 Å². The Kier molecular flexibility index (Phi) is 2.57. The number of hydrogen-bond donors (Lipinski definition) is 2. The number of nitrogens with two attached hydrogens (primary N) is 1. The van der Waals surface area contributed by atoms with E-state index in [0.29, 0.717) is 22.0 Å². The molecule has 3 N–H and O–H groups in total. The molecule has 0 aliphatic carbocycles. The minimum Gasteiger partial charge on any atom is -0.464 e. The van der Waals surface area contributed by atoms with Gasteiger partial charge in [-0.2, -0.15) is 0 Å². The second-order valence-corrected chi connectivity index (χ2v) is 3.05. The minimum absolute atomic E-state index is 0.351. The quantitative estimate of drug-likeness (QED) is 0.455. The fourth-order valence-corrected chi connectivity index (χ4v) is 1.35. The van der Waals surface area contributed by atoms with Crippen molar-refractivity contribution in [1.82, 2.24) is 5.16 Å². The fourth-order valence-electron chi connectivity index (χ4n) is 1.35. The van der Waals surface area contributed by atoms with Crippen molar-refractivity contribution < 1.29 is 14.4 Å². The molecule has 0 atom stereocenters. The zero-order valence-electron chi connectivity index (χ0n) is 8.20. The van der Waals surface area contributed by atoms with E-state index in [-0.39, 0.29) is 0 Å². The van der Waals surface area contributed by atoms with Crippen LogP contribution in [0.25, 0.3) is 11.3 Å². The van der Waals surface area contributed by atoms with Crippen molar-refractivity contribution in [3.8, 4) is 11.3 Å². The third kappa shape index (κ3) is 1.73. The lowest BCUT2D eigenvalue weighted by Gasteiger charge is -2.15. The molecule has 0 saturated heterocycles. The van der Waals surface area contributed by atoms with Crippen LogP contribution in [0.2, 0.25) is 0 Å². The smallest absolute Gasteiger partial charge is 0.426 e. The molecule has 82 valence electrons. The summed E-state index contributed by atoms with van der Waals surface area (Å²) in [6.45, 7) is 0. The van der Waals surface area contributed by atoms with Gasteiger partial charge in [0.15, 0.2) is 0 Å². The highest BCUT2D eigenvalue weighted by Crippen LogP contribution is 2.27. The Morgan fingerprint density at radius 3 is 2.75 bits per heavy atom. The van der Waals surface area contributed by atoms with Gasteiger partial charge in [-0.1, -0.05) is 23.4 Å². The Morgan fingerprint density at radius 1 is 1.38 bits per heavy atom. The van der Waals surface area contributed by atoms with Gasteiger partial charge in [0.25, 0.3) is 0 Å². The molecule has 0 spiro atoms. The van der Waals surface area contributed by atoms with Crippen LogP contribution in [0.5, 0.6) is 0 Å². The first-order valence-electron chi connectivity index (χ1n) is 4.47. The average molecular weight is 219 g/mol. The van der Waals surface area contributed by atoms with E-state index in [1.54, 1.807) is 30.3 Å². The van der Waals surface area contributed by atoms with Crippen LogP contribution in [0.4, 0.5) is 10.5 Å². The Bertz CT molecular complexity index is 496. The lowest BCUT2D eigenvalue weighted by atomic mass is 10.1. The molecule has 0 saturated carbocycles. The maximum atomic E-state index is 10.8. The number of amides is 1. The summed E-state index contributed by atoms with van der Waals surface area (Å²) in [5.41, 5.74) is 1.48. The summed E-state index contributed by atoms with van der Waals surface area (Å²) in [5, 5.41) is 13.2. The van der Waals surface area contributed by atoms with E-state index < -0.39 is 6.09 Å². The van der Waals surface area contributed by atoms with E-state index in [9.17, 15) is 4.79 Å². The van der Waals surface area contributed by atoms with Crippen LogP contribution in [-0.2, 0) is 0 Å². The van der Waals surface area contributed by atoms with Crippen LogP contribution in [0.15, 0.2) is 41.1 Å². The summed E-state index contributed by atoms with van der Waals surface area (Å²) in [7, 11) is 0. The second kappa shape index (κ2) is 4.03. The molecule has 2 rings (SSSR count). The molecular formula is C10H9N3O3. The Morgan fingerprint density at radius 2 is 2.12 bits per heavy atom. The Hall–Kier alpha value is -2.34. The van der Waals surface area contributed by atoms with Crippen molar-refractivity contribution in [1.29, 1.82) is 0 Å². The molecule has 0 bridgehead atoms. The van der Waals surface area contributed by atoms with Crippen molar-refractivity contribution >= 4 is 11.8 Å². The maximum absolute atomic E-state index is 10.8. The van der Waals surface area contributed by atoms with Crippen molar-refractivity contribution in [2.75, 3.05) is 5.01 Å². The number of carboxylic acid groups (broad SMARTS) is 1. The van der Waals surface area contributed by atoms with Crippen LogP contribution < -0.4 is 10.9 Å². The summed E-state index contributed by atoms with van der Waals surface area (Å²) in [6, 6.07) is 8.41. The van der Waals surface area contributed by atoms with E-state index in [1.807, 2.05) is 0 Å². The summed E-state index contributed by atoms with van der Waals surface area (Å²) in [5.74, 6) is 5.42. The molecule has 0 radical (unpaired) electrons. The van der Waals surface area contributed by atoms with Gasteiger partial charge in [-0.05, 0) is 6.07 Å². The summed E-state index contributed by atoms with van der Waals surface area (Å²) in [6.07, 6.45) is 0.171. The molecule has 1 heterocycles. The van der Waals surface area contributed by atoms with E-state index in [4.69, 9.17) is 15.5 Å². The van der Waals surface area contributed by atoms with Gasteiger partial charge in [-0.3, -0.25) is 0 Å². The predicted octanol–water partition coefficient (Wildman–Crippen LogP) is 1.70. The van der Waals surface area contributed by atoms with Gasteiger partial charge in [0.2, 0.25) is 0 Å². The first-order valence-corrected chi connectivity index (χ1v) is 4.47. The Labute approximate surface area is 90.8 Å². The summed E-state index contributed by atoms with van der Waals surface area (Å²) < 4.78 is 4.71. The maximum Gasteiger partial charge on any atom is 0.426 e. The molecule has 6 heteroatoms. The molecular weight excluding hydrogens is 210 g/mol. The number of benzene rings is 1. The molecule has 1 amide bonds. The third-order valence-corrected chi connectivity index (χ3v) is 2.08. The van der Waals surface area contributed by atoms with Gasteiger partial charge in [0.1, 0.15) is 12.0 Å². The highest BCUT2D eigenvalue weighted by atomic mass is 16.5. The van der Waals surface area contributed by atoms with Crippen molar-refractivity contribution in [2.24, 2.45) is 5.84 Å². The normalized spacial score (nSPS) is 10.1. The van der Waals surface area contributed by atoms with Gasteiger partial charge in [0, 0.05) is 11.6 Å². The first-order chi connectivity index (χ1) is 7.70. The second-order valence-electron chi connectivity index (χ2n) is 3.05. The summed E-state index contributed by atoms with van der Waals surface area (Å²) >= 11 is 0. The lowest BCUT2D eigenvalue weighted by Crippen LogP contribution is -2.36. The Balaban J connectivity index is 2.50. The topological polar surface area (TPSA) is 92.6 Å². The van der Waals surface area contributed by atoms with Crippen molar-refractivity contribution in [3.63, 3.8) is 0 Å². The number of rotatable bonds is 2. The number of nitrogens with zero attached hydrogens (tertiary/aromatic N) is 2. The molecule has 0 aliphatic rings. The predicted molar refractivity (Wildman–Crippen MR) is 56.6 cm³/mol. The van der Waals surface area contributed by atoms with E-state index in [1.165, 1.54) is 6.26 Å². The zero-order valence-corrected chi connectivity index (χ0v) is 8.20. The zero-order chi connectivity index (χ0) is 11.5. The minimum atomic E-state index is -1.24. The van der Waals surface area contributed by atoms with Crippen LogP contribution in [0.3, 0.4) is 0 Å². The van der Waals surface area contributed by atoms with E-state index in [0.717, 1.165) is 0 Å². The van der Waals surface area contributed by atoms with Crippen LogP contribution >= 0.6 is 0 Å². The van der Waals surface area contributed by atoms with E-state index in [2.05, 4.69) is 5.16 Å². The molecule has 1 aromatic heterocycles. The highest BCUT2D eigenvalue weighted by Gasteiger charge is 2.15. The molecule has 1 aromatic carbocycles. The number of aromatic nitrogens is 1. The largest absolute Gasteiger partial charge is 0.464 e. The van der Waals surface area contributed by atoms with Crippen LogP contribution in [0.1, 0.15) is 0 Å². The van der Waals surface area contributed by atoms with Gasteiger partial charge in [-0.15, -0.1) is 0 Å². The van der Waals surface area contributed by atoms with Gasteiger partial charge in [0.05, 0.1) is 5.69 Å². The molecule has 0 fully saturated rings. The molecule has 2 aromatic rings. The van der Waals surface area contributed by atoms with Crippen molar-refractivity contribution in [2.45, 2.75) is 0 Å². The van der Waals surface area contributed by atoms with Gasteiger partial charge >= 0.3 is 6.09 Å². The number of hydrogen-bond acceptors (Lipinski definition) is 4. The molecule has 16 heavy (non-hydrogen) atoms. The lowest BCUT2D eigenvalue weighted by molar-refractivity contribution is 0.202. The average Bonchev–Trinajstić information content (AvgIpc) is 2.81. The number of hydrazine groups is 1. The summed E-state index contributed by atoms with van der Waals surface area (Å²) in [4.78, 5) is 10.8. The SMILES string of the molecule is NN(C(=O)O)c1ccccc1-c1ccon1.